The Balaban J connectivity index is 1.58. The van der Waals surface area contributed by atoms with Gasteiger partial charge in [0.2, 0.25) is 12.1 Å². The SMILES string of the molecule is C[C@H]1[C@@H](OC(=O)CCC(=O)O)O[C@@H]2O[C@]3(C)CC[C@H]4[C@H](C)CC[C@@H]1[C@@]24OO3. The summed E-state index contributed by atoms with van der Waals surface area (Å²) in [5.74, 6) is -1.82. The van der Waals surface area contributed by atoms with Crippen LogP contribution >= 0.6 is 0 Å². The summed E-state index contributed by atoms with van der Waals surface area (Å²) >= 11 is 0. The van der Waals surface area contributed by atoms with Gasteiger partial charge in [0, 0.05) is 18.3 Å². The largest absolute Gasteiger partial charge is 0.481 e. The first-order chi connectivity index (χ1) is 12.7. The fraction of sp³-hybridized carbons (Fsp3) is 0.895. The van der Waals surface area contributed by atoms with Gasteiger partial charge in [-0.05, 0) is 38.0 Å². The number of aliphatic carboxylic acids is 1. The average Bonchev–Trinajstić information content (AvgIpc) is 2.84. The molecule has 5 fully saturated rings. The van der Waals surface area contributed by atoms with Crippen molar-refractivity contribution in [2.24, 2.45) is 23.7 Å². The van der Waals surface area contributed by atoms with Gasteiger partial charge >= 0.3 is 11.9 Å². The highest BCUT2D eigenvalue weighted by Crippen LogP contribution is 2.60. The predicted octanol–water partition coefficient (Wildman–Crippen LogP) is 2.60. The molecule has 5 rings (SSSR count). The van der Waals surface area contributed by atoms with Crippen LogP contribution in [0.3, 0.4) is 0 Å². The number of esters is 1. The summed E-state index contributed by atoms with van der Waals surface area (Å²) in [5.41, 5.74) is -0.697. The molecule has 5 aliphatic rings. The topological polar surface area (TPSA) is 101 Å². The average molecular weight is 384 g/mol. The lowest BCUT2D eigenvalue weighted by Gasteiger charge is -2.59. The van der Waals surface area contributed by atoms with Gasteiger partial charge in [-0.1, -0.05) is 13.8 Å². The van der Waals surface area contributed by atoms with Crippen LogP contribution in [-0.4, -0.2) is 41.0 Å². The normalized spacial score (nSPS) is 48.4. The van der Waals surface area contributed by atoms with Crippen LogP contribution in [0.2, 0.25) is 0 Å². The summed E-state index contributed by atoms with van der Waals surface area (Å²) < 4.78 is 17.8. The minimum Gasteiger partial charge on any atom is -0.481 e. The number of carbonyl (C=O) groups is 2. The zero-order valence-corrected chi connectivity index (χ0v) is 16.0. The molecule has 1 saturated carbocycles. The Kier molecular flexibility index (Phi) is 4.73. The van der Waals surface area contributed by atoms with Crippen molar-refractivity contribution in [2.75, 3.05) is 0 Å². The molecule has 1 spiro atoms. The van der Waals surface area contributed by atoms with Crippen LogP contribution in [0.4, 0.5) is 0 Å². The van der Waals surface area contributed by atoms with E-state index in [1.165, 1.54) is 0 Å². The van der Waals surface area contributed by atoms with E-state index in [0.29, 0.717) is 12.3 Å². The third-order valence-corrected chi connectivity index (χ3v) is 6.89. The molecule has 0 aromatic carbocycles. The summed E-state index contributed by atoms with van der Waals surface area (Å²) in [6, 6.07) is 0. The second kappa shape index (κ2) is 6.69. The molecule has 27 heavy (non-hydrogen) atoms. The third-order valence-electron chi connectivity index (χ3n) is 6.89. The van der Waals surface area contributed by atoms with E-state index in [0.717, 1.165) is 19.3 Å². The Labute approximate surface area is 158 Å². The van der Waals surface area contributed by atoms with Crippen molar-refractivity contribution in [3.05, 3.63) is 0 Å². The van der Waals surface area contributed by atoms with E-state index >= 15 is 0 Å². The number of carbonyl (C=O) groups excluding carboxylic acids is 1. The van der Waals surface area contributed by atoms with Gasteiger partial charge in [0.25, 0.3) is 0 Å². The molecule has 8 nitrogen and oxygen atoms in total. The molecule has 2 bridgehead atoms. The molecule has 8 atom stereocenters. The number of hydrogen-bond acceptors (Lipinski definition) is 7. The predicted molar refractivity (Wildman–Crippen MR) is 89.8 cm³/mol. The molecular weight excluding hydrogens is 356 g/mol. The zero-order chi connectivity index (χ0) is 19.4. The smallest absolute Gasteiger partial charge is 0.308 e. The van der Waals surface area contributed by atoms with Crippen molar-refractivity contribution < 1.29 is 38.7 Å². The highest BCUT2D eigenvalue weighted by atomic mass is 17.3. The summed E-state index contributed by atoms with van der Waals surface area (Å²) in [5, 5.41) is 8.76. The summed E-state index contributed by atoms with van der Waals surface area (Å²) in [7, 11) is 0. The quantitative estimate of drug-likeness (QED) is 0.583. The van der Waals surface area contributed by atoms with Crippen molar-refractivity contribution in [1.29, 1.82) is 0 Å². The van der Waals surface area contributed by atoms with Crippen LogP contribution in [-0.2, 0) is 33.6 Å². The monoisotopic (exact) mass is 384 g/mol. The van der Waals surface area contributed by atoms with Gasteiger partial charge in [-0.25, -0.2) is 9.78 Å². The molecule has 4 heterocycles. The molecule has 4 aliphatic heterocycles. The maximum absolute atomic E-state index is 12.1. The molecule has 8 heteroatoms. The van der Waals surface area contributed by atoms with Crippen LogP contribution in [0.5, 0.6) is 0 Å². The Morgan fingerprint density at radius 3 is 2.63 bits per heavy atom. The molecule has 1 N–H and O–H groups in total. The highest BCUT2D eigenvalue weighted by Gasteiger charge is 2.69. The van der Waals surface area contributed by atoms with Gasteiger partial charge in [0.15, 0.2) is 11.9 Å². The van der Waals surface area contributed by atoms with E-state index in [9.17, 15) is 9.59 Å². The fourth-order valence-corrected chi connectivity index (χ4v) is 5.40. The number of rotatable bonds is 4. The van der Waals surface area contributed by atoms with E-state index in [1.807, 2.05) is 13.8 Å². The van der Waals surface area contributed by atoms with Gasteiger partial charge in [-0.2, -0.15) is 0 Å². The van der Waals surface area contributed by atoms with Gasteiger partial charge in [-0.3, -0.25) is 9.59 Å². The van der Waals surface area contributed by atoms with Crippen LogP contribution in [0.25, 0.3) is 0 Å². The number of fused-ring (bicyclic) bond motifs is 2. The first kappa shape index (κ1) is 19.1. The minimum absolute atomic E-state index is 0.0670. The van der Waals surface area contributed by atoms with Crippen molar-refractivity contribution in [3.8, 4) is 0 Å². The molecule has 0 radical (unpaired) electrons. The van der Waals surface area contributed by atoms with E-state index in [-0.39, 0.29) is 30.6 Å². The van der Waals surface area contributed by atoms with Gasteiger partial charge in [0.05, 0.1) is 12.8 Å². The van der Waals surface area contributed by atoms with Crippen LogP contribution in [0.15, 0.2) is 0 Å². The van der Waals surface area contributed by atoms with Crippen molar-refractivity contribution in [2.45, 2.75) is 83.3 Å². The van der Waals surface area contributed by atoms with E-state index < -0.39 is 35.9 Å². The van der Waals surface area contributed by atoms with Crippen molar-refractivity contribution >= 4 is 11.9 Å². The lowest BCUT2D eigenvalue weighted by molar-refractivity contribution is -0.576. The first-order valence-electron chi connectivity index (χ1n) is 9.86. The zero-order valence-electron chi connectivity index (χ0n) is 16.0. The van der Waals surface area contributed by atoms with E-state index in [1.54, 1.807) is 0 Å². The van der Waals surface area contributed by atoms with E-state index in [2.05, 4.69) is 6.92 Å². The Morgan fingerprint density at radius 2 is 1.89 bits per heavy atom. The highest BCUT2D eigenvalue weighted by molar-refractivity contribution is 5.76. The lowest BCUT2D eigenvalue weighted by atomic mass is 9.58. The third kappa shape index (κ3) is 3.06. The number of hydrogen-bond donors (Lipinski definition) is 1. The lowest BCUT2D eigenvalue weighted by Crippen LogP contribution is -2.70. The molecule has 0 aromatic heterocycles. The van der Waals surface area contributed by atoms with Crippen molar-refractivity contribution in [3.63, 3.8) is 0 Å². The van der Waals surface area contributed by atoms with Crippen LogP contribution < -0.4 is 0 Å². The second-order valence-corrected chi connectivity index (χ2v) is 8.66. The summed E-state index contributed by atoms with van der Waals surface area (Å²) in [4.78, 5) is 34.5. The fourth-order valence-electron chi connectivity index (χ4n) is 5.40. The Morgan fingerprint density at radius 1 is 1.11 bits per heavy atom. The van der Waals surface area contributed by atoms with Crippen LogP contribution in [0.1, 0.15) is 59.3 Å². The van der Waals surface area contributed by atoms with Gasteiger partial charge in [-0.15, -0.1) is 0 Å². The number of carboxylic acid groups (broad SMARTS) is 1. The molecular formula is C19H28O8. The molecule has 0 amide bonds. The van der Waals surface area contributed by atoms with Gasteiger partial charge in [0.1, 0.15) is 0 Å². The molecule has 1 aliphatic carbocycles. The summed E-state index contributed by atoms with van der Waals surface area (Å²) in [6.45, 7) is 6.06. The maximum atomic E-state index is 12.1. The Hall–Kier alpha value is -1.22. The van der Waals surface area contributed by atoms with Gasteiger partial charge < -0.3 is 19.3 Å². The first-order valence-corrected chi connectivity index (χ1v) is 9.86. The van der Waals surface area contributed by atoms with E-state index in [4.69, 9.17) is 29.1 Å². The Bertz CT molecular complexity index is 623. The molecule has 4 saturated heterocycles. The number of carboxylic acids is 1. The maximum Gasteiger partial charge on any atom is 0.308 e. The standard InChI is InChI=1S/C19H28O8/c1-10-4-5-13-11(2)16(23-15(22)7-6-14(20)21)24-17-19(13)12(10)8-9-18(3,25-17)26-27-19/h10-13,16-17H,4-9H2,1-3H3,(H,20,21)/t10-,11-,12+,13+,16+,17-,18+,19-/m1/s1. The number of ether oxygens (including phenoxy) is 3. The summed E-state index contributed by atoms with van der Waals surface area (Å²) in [6.07, 6.45) is 1.72. The molecule has 152 valence electrons. The molecule has 0 unspecified atom stereocenters. The van der Waals surface area contributed by atoms with Crippen molar-refractivity contribution in [1.82, 2.24) is 0 Å². The van der Waals surface area contributed by atoms with Crippen LogP contribution in [0, 0.1) is 23.7 Å². The molecule has 0 aromatic rings. The minimum atomic E-state index is -1.03. The second-order valence-electron chi connectivity index (χ2n) is 8.66.